The van der Waals surface area contributed by atoms with Crippen LogP contribution < -0.4 is 0 Å². The van der Waals surface area contributed by atoms with Gasteiger partial charge in [-0.15, -0.1) is 0 Å². The number of carbonyl (C=O) groups excluding carboxylic acids is 1. The number of nitrogens with zero attached hydrogens (tertiary/aromatic N) is 1. The minimum absolute atomic E-state index is 0. The van der Waals surface area contributed by atoms with E-state index in [0.717, 1.165) is 13.3 Å². The Bertz CT molecular complexity index is 87.6. The van der Waals surface area contributed by atoms with E-state index in [1.165, 1.54) is 4.90 Å². The molecule has 0 spiro atoms. The SMILES string of the molecule is CC(=O)O.CN(C)C=O.O. The van der Waals surface area contributed by atoms with E-state index < -0.39 is 5.97 Å². The number of carboxylic acids is 1. The Morgan fingerprint density at radius 2 is 1.60 bits per heavy atom. The molecule has 0 radical (unpaired) electrons. The van der Waals surface area contributed by atoms with Crippen LogP contribution in [0.4, 0.5) is 0 Å². The van der Waals surface area contributed by atoms with Gasteiger partial charge in [-0.25, -0.2) is 0 Å². The Morgan fingerprint density at radius 3 is 1.60 bits per heavy atom. The van der Waals surface area contributed by atoms with Gasteiger partial charge in [0.25, 0.3) is 5.97 Å². The lowest BCUT2D eigenvalue weighted by molar-refractivity contribution is -0.134. The number of hydrogen-bond donors (Lipinski definition) is 1. The van der Waals surface area contributed by atoms with Crippen molar-refractivity contribution >= 4 is 12.4 Å². The van der Waals surface area contributed by atoms with E-state index in [4.69, 9.17) is 9.90 Å². The molecule has 0 aliphatic heterocycles. The fraction of sp³-hybridized carbons (Fsp3) is 0.600. The van der Waals surface area contributed by atoms with Gasteiger partial charge in [0.2, 0.25) is 6.41 Å². The number of aliphatic carboxylic acids is 1. The van der Waals surface area contributed by atoms with E-state index in [-0.39, 0.29) is 5.48 Å². The lowest BCUT2D eigenvalue weighted by Crippen LogP contribution is -2.06. The largest absolute Gasteiger partial charge is 0.481 e. The van der Waals surface area contributed by atoms with Gasteiger partial charge >= 0.3 is 0 Å². The molecule has 5 heteroatoms. The Kier molecular flexibility index (Phi) is 17.2. The van der Waals surface area contributed by atoms with Crippen LogP contribution in [0.1, 0.15) is 6.92 Å². The van der Waals surface area contributed by atoms with Crippen molar-refractivity contribution < 1.29 is 20.2 Å². The first-order valence-corrected chi connectivity index (χ1v) is 2.32. The molecule has 1 amide bonds. The molecular formula is C5H13NO4. The molecular weight excluding hydrogens is 138 g/mol. The molecule has 0 heterocycles. The van der Waals surface area contributed by atoms with Crippen LogP contribution in [-0.2, 0) is 9.59 Å². The van der Waals surface area contributed by atoms with Gasteiger partial charge in [-0.05, 0) is 0 Å². The molecule has 0 saturated heterocycles. The molecule has 0 unspecified atom stereocenters. The van der Waals surface area contributed by atoms with Crippen molar-refractivity contribution in [2.45, 2.75) is 6.92 Å². The zero-order valence-electron chi connectivity index (χ0n) is 6.29. The maximum absolute atomic E-state index is 9.43. The predicted molar refractivity (Wildman–Crippen MR) is 36.7 cm³/mol. The third kappa shape index (κ3) is 297. The summed E-state index contributed by atoms with van der Waals surface area (Å²) in [6.45, 7) is 1.08. The van der Waals surface area contributed by atoms with E-state index >= 15 is 0 Å². The van der Waals surface area contributed by atoms with Crippen molar-refractivity contribution in [3.8, 4) is 0 Å². The van der Waals surface area contributed by atoms with Crippen molar-refractivity contribution in [1.29, 1.82) is 0 Å². The van der Waals surface area contributed by atoms with Gasteiger partial charge in [0.1, 0.15) is 0 Å². The van der Waals surface area contributed by atoms with Gasteiger partial charge in [0, 0.05) is 21.0 Å². The summed E-state index contributed by atoms with van der Waals surface area (Å²) in [5.41, 5.74) is 0. The smallest absolute Gasteiger partial charge is 0.300 e. The summed E-state index contributed by atoms with van der Waals surface area (Å²) in [6, 6.07) is 0. The van der Waals surface area contributed by atoms with Crippen LogP contribution in [0.3, 0.4) is 0 Å². The number of carbonyl (C=O) groups is 2. The Balaban J connectivity index is -0.0000000910. The van der Waals surface area contributed by atoms with Crippen LogP contribution in [0.5, 0.6) is 0 Å². The van der Waals surface area contributed by atoms with Gasteiger partial charge in [-0.2, -0.15) is 0 Å². The van der Waals surface area contributed by atoms with Crippen molar-refractivity contribution in [3.05, 3.63) is 0 Å². The van der Waals surface area contributed by atoms with Gasteiger partial charge in [-0.3, -0.25) is 9.59 Å². The minimum Gasteiger partial charge on any atom is -0.481 e. The van der Waals surface area contributed by atoms with Crippen LogP contribution in [0.15, 0.2) is 0 Å². The van der Waals surface area contributed by atoms with E-state index in [9.17, 15) is 4.79 Å². The molecule has 5 nitrogen and oxygen atoms in total. The zero-order chi connectivity index (χ0) is 7.86. The Labute approximate surface area is 59.6 Å². The quantitative estimate of drug-likeness (QED) is 0.486. The average Bonchev–Trinajstić information content (AvgIpc) is 1.65. The molecule has 3 N–H and O–H groups in total. The lowest BCUT2D eigenvalue weighted by Gasteiger charge is -1.93. The van der Waals surface area contributed by atoms with Gasteiger partial charge in [-0.1, -0.05) is 0 Å². The van der Waals surface area contributed by atoms with Crippen molar-refractivity contribution in [2.24, 2.45) is 0 Å². The van der Waals surface area contributed by atoms with Crippen molar-refractivity contribution in [2.75, 3.05) is 14.1 Å². The number of hydrogen-bond acceptors (Lipinski definition) is 2. The maximum atomic E-state index is 9.43. The summed E-state index contributed by atoms with van der Waals surface area (Å²) >= 11 is 0. The monoisotopic (exact) mass is 151 g/mol. The van der Waals surface area contributed by atoms with Crippen LogP contribution in [0, 0.1) is 0 Å². The number of rotatable bonds is 1. The molecule has 62 valence electrons. The highest BCUT2D eigenvalue weighted by molar-refractivity contribution is 5.62. The molecule has 0 bridgehead atoms. The molecule has 0 aliphatic carbocycles. The zero-order valence-corrected chi connectivity index (χ0v) is 6.29. The molecule has 0 aromatic heterocycles. The van der Waals surface area contributed by atoms with E-state index in [0.29, 0.717) is 0 Å². The van der Waals surface area contributed by atoms with Crippen molar-refractivity contribution in [3.63, 3.8) is 0 Å². The maximum Gasteiger partial charge on any atom is 0.300 e. The highest BCUT2D eigenvalue weighted by atomic mass is 16.4. The van der Waals surface area contributed by atoms with E-state index in [1.807, 2.05) is 0 Å². The van der Waals surface area contributed by atoms with Gasteiger partial charge in [0.15, 0.2) is 0 Å². The third-order valence-corrected chi connectivity index (χ3v) is 0.211. The molecule has 10 heavy (non-hydrogen) atoms. The Hall–Kier alpha value is -1.10. The van der Waals surface area contributed by atoms with E-state index in [1.54, 1.807) is 14.1 Å². The summed E-state index contributed by atoms with van der Waals surface area (Å²) in [5.74, 6) is -0.833. The molecule has 0 saturated carbocycles. The number of carboxylic acid groups (broad SMARTS) is 1. The van der Waals surface area contributed by atoms with Crippen LogP contribution >= 0.6 is 0 Å². The molecule has 0 aliphatic rings. The van der Waals surface area contributed by atoms with Crippen LogP contribution in [0.2, 0.25) is 0 Å². The summed E-state index contributed by atoms with van der Waals surface area (Å²) in [6.07, 6.45) is 0.750. The second-order valence-electron chi connectivity index (χ2n) is 1.59. The van der Waals surface area contributed by atoms with Crippen LogP contribution in [-0.4, -0.2) is 42.0 Å². The first-order valence-electron chi connectivity index (χ1n) is 2.32. The van der Waals surface area contributed by atoms with E-state index in [2.05, 4.69) is 0 Å². The average molecular weight is 151 g/mol. The minimum atomic E-state index is -0.833. The van der Waals surface area contributed by atoms with Gasteiger partial charge < -0.3 is 15.5 Å². The Morgan fingerprint density at radius 1 is 1.50 bits per heavy atom. The third-order valence-electron chi connectivity index (χ3n) is 0.211. The standard InChI is InChI=1S/C3H7NO.C2H4O2.H2O/c1-4(2)3-5;1-2(3)4;/h3H,1-2H3;1H3,(H,3,4);1H2. The summed E-state index contributed by atoms with van der Waals surface area (Å²) < 4.78 is 0. The molecule has 0 rings (SSSR count). The first kappa shape index (κ1) is 16.0. The molecule has 0 aromatic rings. The summed E-state index contributed by atoms with van der Waals surface area (Å²) in [7, 11) is 3.38. The van der Waals surface area contributed by atoms with Crippen LogP contribution in [0.25, 0.3) is 0 Å². The highest BCUT2D eigenvalue weighted by Crippen LogP contribution is 1.52. The van der Waals surface area contributed by atoms with Gasteiger partial charge in [0.05, 0.1) is 0 Å². The normalized spacial score (nSPS) is 5.90. The second-order valence-corrected chi connectivity index (χ2v) is 1.59. The summed E-state index contributed by atoms with van der Waals surface area (Å²) in [4.78, 5) is 19.9. The lowest BCUT2D eigenvalue weighted by atomic mass is 10.9. The fourth-order valence-corrected chi connectivity index (χ4v) is 0. The topological polar surface area (TPSA) is 89.1 Å². The molecule has 0 aromatic carbocycles. The highest BCUT2D eigenvalue weighted by Gasteiger charge is 1.68. The summed E-state index contributed by atoms with van der Waals surface area (Å²) in [5, 5.41) is 7.42. The predicted octanol–water partition coefficient (Wildman–Crippen LogP) is -1.03. The first-order chi connectivity index (χ1) is 4.00. The van der Waals surface area contributed by atoms with Crippen molar-refractivity contribution in [1.82, 2.24) is 4.90 Å². The number of amides is 1. The fourth-order valence-electron chi connectivity index (χ4n) is 0. The molecule has 0 fully saturated rings. The second kappa shape index (κ2) is 10.8. The molecule has 0 atom stereocenters.